The second-order valence-corrected chi connectivity index (χ2v) is 5.81. The number of rotatable bonds is 4. The first-order valence-corrected chi connectivity index (χ1v) is 6.60. The fourth-order valence-electron chi connectivity index (χ4n) is 1.02. The van der Waals surface area contributed by atoms with Crippen molar-refractivity contribution in [2.24, 2.45) is 0 Å². The van der Waals surface area contributed by atoms with Gasteiger partial charge >= 0.3 is 0 Å². The third kappa shape index (κ3) is 4.65. The van der Waals surface area contributed by atoms with Crippen LogP contribution in [0.5, 0.6) is 0 Å². The summed E-state index contributed by atoms with van der Waals surface area (Å²) in [5.74, 6) is 3.87. The van der Waals surface area contributed by atoms with Crippen LogP contribution in [0.4, 0.5) is 0 Å². The van der Waals surface area contributed by atoms with Gasteiger partial charge in [-0.15, -0.1) is 0 Å². The van der Waals surface area contributed by atoms with E-state index in [0.29, 0.717) is 5.03 Å². The van der Waals surface area contributed by atoms with Crippen molar-refractivity contribution in [2.45, 2.75) is 5.25 Å². The van der Waals surface area contributed by atoms with Crippen LogP contribution >= 0.6 is 35.1 Å². The molecule has 0 saturated carbocycles. The first-order chi connectivity index (χ1) is 5.79. The lowest BCUT2D eigenvalue weighted by atomic mass is 10.4. The molecular weight excluding hydrogens is 210 g/mol. The molecule has 1 atom stereocenters. The predicted molar refractivity (Wildman–Crippen MR) is 61.4 cm³/mol. The van der Waals surface area contributed by atoms with E-state index in [1.165, 1.54) is 17.3 Å². The van der Waals surface area contributed by atoms with Crippen molar-refractivity contribution in [3.63, 3.8) is 0 Å². The maximum absolute atomic E-state index is 5.63. The molecule has 1 nitrogen and oxygen atoms in total. The van der Waals surface area contributed by atoms with Gasteiger partial charge in [0, 0.05) is 40.6 Å². The summed E-state index contributed by atoms with van der Waals surface area (Å²) in [5, 5.41) is 4.75. The molecule has 1 N–H and O–H groups in total. The summed E-state index contributed by atoms with van der Waals surface area (Å²) in [6, 6.07) is 0. The quantitative estimate of drug-likeness (QED) is 0.785. The van der Waals surface area contributed by atoms with Crippen molar-refractivity contribution in [3.8, 4) is 0 Å². The number of halogens is 1. The van der Waals surface area contributed by atoms with Gasteiger partial charge in [-0.3, -0.25) is 0 Å². The Labute approximate surface area is 87.7 Å². The van der Waals surface area contributed by atoms with Gasteiger partial charge < -0.3 is 5.32 Å². The Kier molecular flexibility index (Phi) is 5.56. The Morgan fingerprint density at radius 2 is 2.42 bits per heavy atom. The van der Waals surface area contributed by atoms with E-state index in [-0.39, 0.29) is 0 Å². The van der Waals surface area contributed by atoms with Gasteiger partial charge in [0.05, 0.1) is 0 Å². The highest BCUT2D eigenvalue weighted by molar-refractivity contribution is 8.06. The monoisotopic (exact) mass is 223 g/mol. The van der Waals surface area contributed by atoms with E-state index in [9.17, 15) is 0 Å². The highest BCUT2D eigenvalue weighted by atomic mass is 35.5. The Morgan fingerprint density at radius 1 is 1.58 bits per heavy atom. The fourth-order valence-corrected chi connectivity index (χ4v) is 3.76. The average Bonchev–Trinajstić information content (AvgIpc) is 2.05. The molecule has 1 fully saturated rings. The van der Waals surface area contributed by atoms with Crippen molar-refractivity contribution < 1.29 is 0 Å². The molecule has 1 saturated heterocycles. The number of nitrogens with one attached hydrogen (secondary N) is 1. The van der Waals surface area contributed by atoms with Crippen LogP contribution < -0.4 is 5.32 Å². The van der Waals surface area contributed by atoms with E-state index in [4.69, 9.17) is 11.6 Å². The third-order valence-corrected chi connectivity index (χ3v) is 4.55. The summed E-state index contributed by atoms with van der Waals surface area (Å²) in [5.41, 5.74) is 0. The van der Waals surface area contributed by atoms with Gasteiger partial charge in [-0.05, 0) is 0 Å². The molecule has 1 aliphatic heterocycles. The van der Waals surface area contributed by atoms with Gasteiger partial charge in [-0.25, -0.2) is 0 Å². The second-order valence-electron chi connectivity index (χ2n) is 2.72. The van der Waals surface area contributed by atoms with Gasteiger partial charge in [0.15, 0.2) is 0 Å². The zero-order valence-corrected chi connectivity index (χ0v) is 9.40. The highest BCUT2D eigenvalue weighted by Gasteiger charge is 2.13. The Morgan fingerprint density at radius 3 is 3.00 bits per heavy atom. The van der Waals surface area contributed by atoms with E-state index in [2.05, 4.69) is 23.7 Å². The first-order valence-electron chi connectivity index (χ1n) is 4.02. The van der Waals surface area contributed by atoms with Crippen molar-refractivity contribution >= 4 is 35.1 Å². The average molecular weight is 224 g/mol. The van der Waals surface area contributed by atoms with Crippen LogP contribution in [0.15, 0.2) is 11.6 Å². The Balaban J connectivity index is 2.01. The van der Waals surface area contributed by atoms with E-state index in [0.717, 1.165) is 18.3 Å². The zero-order chi connectivity index (χ0) is 8.81. The molecule has 1 aliphatic rings. The topological polar surface area (TPSA) is 12.0 Å². The second kappa shape index (κ2) is 6.19. The molecule has 0 aromatic rings. The van der Waals surface area contributed by atoms with Crippen molar-refractivity contribution in [3.05, 3.63) is 11.6 Å². The van der Waals surface area contributed by atoms with Gasteiger partial charge in [0.1, 0.15) is 0 Å². The predicted octanol–water partition coefficient (Wildman–Crippen LogP) is 2.18. The van der Waals surface area contributed by atoms with Gasteiger partial charge in [-0.1, -0.05) is 18.2 Å². The molecule has 1 heterocycles. The third-order valence-electron chi connectivity index (χ3n) is 1.57. The molecule has 0 bridgehead atoms. The molecular formula is C8H14ClNS2. The Hall–Kier alpha value is 0.690. The SMILES string of the molecule is C=C(Cl)CNCC1CSCCS1. The van der Waals surface area contributed by atoms with Crippen LogP contribution in [0.2, 0.25) is 0 Å². The van der Waals surface area contributed by atoms with Crippen molar-refractivity contribution in [1.82, 2.24) is 5.32 Å². The number of hydrogen-bond acceptors (Lipinski definition) is 3. The maximum Gasteiger partial charge on any atom is 0.0307 e. The maximum atomic E-state index is 5.63. The lowest BCUT2D eigenvalue weighted by Crippen LogP contribution is -2.29. The van der Waals surface area contributed by atoms with Crippen LogP contribution in [-0.4, -0.2) is 35.6 Å². The summed E-state index contributed by atoms with van der Waals surface area (Å²) in [4.78, 5) is 0. The first kappa shape index (κ1) is 10.8. The molecule has 1 rings (SSSR count). The van der Waals surface area contributed by atoms with E-state index in [1.807, 2.05) is 11.8 Å². The minimum atomic E-state index is 0.698. The van der Waals surface area contributed by atoms with Crippen LogP contribution in [0.1, 0.15) is 0 Å². The lowest BCUT2D eigenvalue weighted by Gasteiger charge is -2.20. The molecule has 1 unspecified atom stereocenters. The molecule has 4 heteroatoms. The molecule has 0 radical (unpaired) electrons. The highest BCUT2D eigenvalue weighted by Crippen LogP contribution is 2.23. The van der Waals surface area contributed by atoms with E-state index >= 15 is 0 Å². The zero-order valence-electron chi connectivity index (χ0n) is 7.01. The molecule has 0 spiro atoms. The molecule has 70 valence electrons. The van der Waals surface area contributed by atoms with E-state index in [1.54, 1.807) is 0 Å². The van der Waals surface area contributed by atoms with Crippen LogP contribution in [0, 0.1) is 0 Å². The summed E-state index contributed by atoms with van der Waals surface area (Å²) in [6.45, 7) is 5.43. The smallest absolute Gasteiger partial charge is 0.0307 e. The normalized spacial score (nSPS) is 23.9. The largest absolute Gasteiger partial charge is 0.311 e. The van der Waals surface area contributed by atoms with Crippen LogP contribution in [0.3, 0.4) is 0 Å². The van der Waals surface area contributed by atoms with Gasteiger partial charge in [0.2, 0.25) is 0 Å². The Bertz CT molecular complexity index is 146. The van der Waals surface area contributed by atoms with Gasteiger partial charge in [0.25, 0.3) is 0 Å². The summed E-state index contributed by atoms with van der Waals surface area (Å²) < 4.78 is 0. The van der Waals surface area contributed by atoms with E-state index < -0.39 is 0 Å². The van der Waals surface area contributed by atoms with Crippen LogP contribution in [-0.2, 0) is 0 Å². The minimum Gasteiger partial charge on any atom is -0.311 e. The summed E-state index contributed by atoms with van der Waals surface area (Å²) in [7, 11) is 0. The molecule has 0 aromatic carbocycles. The molecule has 0 amide bonds. The minimum absolute atomic E-state index is 0.698. The van der Waals surface area contributed by atoms with Crippen molar-refractivity contribution in [2.75, 3.05) is 30.3 Å². The standard InChI is InChI=1S/C8H14ClNS2/c1-7(9)4-10-5-8-6-11-2-3-12-8/h8,10H,1-6H2. The van der Waals surface area contributed by atoms with Gasteiger partial charge in [-0.2, -0.15) is 23.5 Å². The number of hydrogen-bond donors (Lipinski definition) is 1. The summed E-state index contributed by atoms with van der Waals surface area (Å²) >= 11 is 9.73. The summed E-state index contributed by atoms with van der Waals surface area (Å²) in [6.07, 6.45) is 0. The fraction of sp³-hybridized carbons (Fsp3) is 0.750. The molecule has 0 aliphatic carbocycles. The van der Waals surface area contributed by atoms with Crippen LogP contribution in [0.25, 0.3) is 0 Å². The molecule has 12 heavy (non-hydrogen) atoms. The molecule has 0 aromatic heterocycles. The number of thioether (sulfide) groups is 2. The lowest BCUT2D eigenvalue weighted by molar-refractivity contribution is 0.739. The van der Waals surface area contributed by atoms with Crippen molar-refractivity contribution in [1.29, 1.82) is 0 Å².